The number of halogens is 1. The van der Waals surface area contributed by atoms with Crippen molar-refractivity contribution in [1.82, 2.24) is 5.32 Å². The predicted octanol–water partition coefficient (Wildman–Crippen LogP) is 5.11. The van der Waals surface area contributed by atoms with Gasteiger partial charge in [0.05, 0.1) is 12.0 Å². The fourth-order valence-corrected chi connectivity index (χ4v) is 3.51. The summed E-state index contributed by atoms with van der Waals surface area (Å²) in [5.41, 5.74) is 1.29. The molecule has 0 saturated heterocycles. The molecule has 0 fully saturated rings. The average molecular weight is 366 g/mol. The Bertz CT molecular complexity index is 601. The number of benzene rings is 2. The fraction of sp³-hybridized carbons (Fsp3) is 0.294. The zero-order valence-electron chi connectivity index (χ0n) is 12.5. The number of ether oxygens (including phenoxy) is 1. The van der Waals surface area contributed by atoms with Gasteiger partial charge in [0, 0.05) is 22.0 Å². The molecule has 0 aliphatic carbocycles. The number of nitrogens with one attached hydrogen (secondary N) is 1. The van der Waals surface area contributed by atoms with Crippen LogP contribution in [0.2, 0.25) is 0 Å². The third-order valence-electron chi connectivity index (χ3n) is 3.02. The van der Waals surface area contributed by atoms with E-state index < -0.39 is 0 Å². The van der Waals surface area contributed by atoms with Crippen molar-refractivity contribution in [2.45, 2.75) is 36.2 Å². The first-order valence-electron chi connectivity index (χ1n) is 6.93. The fourth-order valence-electron chi connectivity index (χ4n) is 1.91. The normalized spacial score (nSPS) is 10.9. The zero-order valence-corrected chi connectivity index (χ0v) is 14.9. The van der Waals surface area contributed by atoms with Crippen molar-refractivity contribution < 1.29 is 4.74 Å². The van der Waals surface area contributed by atoms with Gasteiger partial charge < -0.3 is 10.1 Å². The van der Waals surface area contributed by atoms with E-state index in [9.17, 15) is 0 Å². The SMILES string of the molecule is COc1ccccc1Sc1cc(Br)ccc1CNC(C)C. The van der Waals surface area contributed by atoms with E-state index in [4.69, 9.17) is 4.74 Å². The lowest BCUT2D eigenvalue weighted by atomic mass is 10.2. The number of hydrogen-bond acceptors (Lipinski definition) is 3. The highest BCUT2D eigenvalue weighted by atomic mass is 79.9. The Kier molecular flexibility index (Phi) is 6.15. The zero-order chi connectivity index (χ0) is 15.2. The van der Waals surface area contributed by atoms with Crippen LogP contribution >= 0.6 is 27.7 Å². The van der Waals surface area contributed by atoms with Gasteiger partial charge in [-0.15, -0.1) is 0 Å². The number of hydrogen-bond donors (Lipinski definition) is 1. The second kappa shape index (κ2) is 7.87. The molecule has 0 atom stereocenters. The van der Waals surface area contributed by atoms with E-state index in [-0.39, 0.29) is 0 Å². The van der Waals surface area contributed by atoms with E-state index in [0.717, 1.165) is 21.7 Å². The van der Waals surface area contributed by atoms with Crippen molar-refractivity contribution in [2.24, 2.45) is 0 Å². The van der Waals surface area contributed by atoms with Gasteiger partial charge in [-0.3, -0.25) is 0 Å². The molecule has 2 aromatic rings. The lowest BCUT2D eigenvalue weighted by Crippen LogP contribution is -2.22. The van der Waals surface area contributed by atoms with Crippen LogP contribution in [0.1, 0.15) is 19.4 Å². The highest BCUT2D eigenvalue weighted by Crippen LogP contribution is 2.37. The Hall–Kier alpha value is -0.970. The van der Waals surface area contributed by atoms with Crippen LogP contribution in [0.15, 0.2) is 56.7 Å². The van der Waals surface area contributed by atoms with Gasteiger partial charge in [0.25, 0.3) is 0 Å². The Morgan fingerprint density at radius 1 is 1.14 bits per heavy atom. The Morgan fingerprint density at radius 3 is 2.62 bits per heavy atom. The minimum Gasteiger partial charge on any atom is -0.496 e. The quantitative estimate of drug-likeness (QED) is 0.768. The van der Waals surface area contributed by atoms with Gasteiger partial charge >= 0.3 is 0 Å². The molecular formula is C17H20BrNOS. The highest BCUT2D eigenvalue weighted by Gasteiger charge is 2.09. The van der Waals surface area contributed by atoms with Crippen molar-refractivity contribution in [3.63, 3.8) is 0 Å². The molecule has 0 aliphatic rings. The van der Waals surface area contributed by atoms with Crippen molar-refractivity contribution in [3.05, 3.63) is 52.5 Å². The minimum atomic E-state index is 0.470. The molecule has 0 spiro atoms. The van der Waals surface area contributed by atoms with Crippen LogP contribution in [0.25, 0.3) is 0 Å². The summed E-state index contributed by atoms with van der Waals surface area (Å²) in [6, 6.07) is 15.0. The molecule has 0 heterocycles. The average Bonchev–Trinajstić information content (AvgIpc) is 2.47. The number of rotatable bonds is 6. The van der Waals surface area contributed by atoms with Crippen LogP contribution in [-0.2, 0) is 6.54 Å². The van der Waals surface area contributed by atoms with E-state index in [1.807, 2.05) is 18.2 Å². The van der Waals surface area contributed by atoms with E-state index in [1.165, 1.54) is 10.5 Å². The van der Waals surface area contributed by atoms with Crippen molar-refractivity contribution >= 4 is 27.7 Å². The Morgan fingerprint density at radius 2 is 1.90 bits per heavy atom. The van der Waals surface area contributed by atoms with Gasteiger partial charge in [0.15, 0.2) is 0 Å². The smallest absolute Gasteiger partial charge is 0.132 e. The first-order valence-corrected chi connectivity index (χ1v) is 8.53. The molecule has 0 unspecified atom stereocenters. The van der Waals surface area contributed by atoms with Crippen LogP contribution in [0, 0.1) is 0 Å². The third-order valence-corrected chi connectivity index (χ3v) is 4.67. The molecule has 2 nitrogen and oxygen atoms in total. The molecular weight excluding hydrogens is 346 g/mol. The summed E-state index contributed by atoms with van der Waals surface area (Å²) >= 11 is 5.30. The first kappa shape index (κ1) is 16.4. The van der Waals surface area contributed by atoms with Crippen LogP contribution in [0.5, 0.6) is 5.75 Å². The molecule has 21 heavy (non-hydrogen) atoms. The van der Waals surface area contributed by atoms with Gasteiger partial charge in [-0.1, -0.05) is 59.7 Å². The summed E-state index contributed by atoms with van der Waals surface area (Å²) in [4.78, 5) is 2.37. The molecule has 4 heteroatoms. The minimum absolute atomic E-state index is 0.470. The van der Waals surface area contributed by atoms with Gasteiger partial charge in [-0.2, -0.15) is 0 Å². The van der Waals surface area contributed by atoms with Gasteiger partial charge in [0.1, 0.15) is 5.75 Å². The topological polar surface area (TPSA) is 21.3 Å². The first-order chi connectivity index (χ1) is 10.1. The molecule has 2 rings (SSSR count). The lowest BCUT2D eigenvalue weighted by Gasteiger charge is -2.14. The molecule has 0 bridgehead atoms. The standard InChI is InChI=1S/C17H20BrNOS/c1-12(2)19-11-13-8-9-14(18)10-17(13)21-16-7-5-4-6-15(16)20-3/h4-10,12,19H,11H2,1-3H3. The second-order valence-corrected chi connectivity index (χ2v) is 7.04. The Labute approximate surface area is 139 Å². The summed E-state index contributed by atoms with van der Waals surface area (Å²) < 4.78 is 6.53. The molecule has 0 aromatic heterocycles. The second-order valence-electron chi connectivity index (χ2n) is 5.04. The lowest BCUT2D eigenvalue weighted by molar-refractivity contribution is 0.405. The maximum absolute atomic E-state index is 5.44. The summed E-state index contributed by atoms with van der Waals surface area (Å²) in [7, 11) is 1.71. The van der Waals surface area contributed by atoms with E-state index in [2.05, 4.69) is 59.4 Å². The summed E-state index contributed by atoms with van der Waals surface area (Å²) in [5, 5.41) is 3.48. The van der Waals surface area contributed by atoms with Crippen LogP contribution in [0.4, 0.5) is 0 Å². The summed E-state index contributed by atoms with van der Waals surface area (Å²) in [6.07, 6.45) is 0. The summed E-state index contributed by atoms with van der Waals surface area (Å²) in [6.45, 7) is 5.18. The molecule has 0 saturated carbocycles. The van der Waals surface area contributed by atoms with Crippen LogP contribution in [0.3, 0.4) is 0 Å². The van der Waals surface area contributed by atoms with Gasteiger partial charge in [-0.05, 0) is 29.8 Å². The third kappa shape index (κ3) is 4.77. The molecule has 0 aliphatic heterocycles. The van der Waals surface area contributed by atoms with Crippen LogP contribution in [-0.4, -0.2) is 13.2 Å². The van der Waals surface area contributed by atoms with Gasteiger partial charge in [-0.25, -0.2) is 0 Å². The summed E-state index contributed by atoms with van der Waals surface area (Å²) in [5.74, 6) is 0.908. The van der Waals surface area contributed by atoms with Crippen molar-refractivity contribution in [1.29, 1.82) is 0 Å². The van der Waals surface area contributed by atoms with E-state index >= 15 is 0 Å². The molecule has 0 radical (unpaired) electrons. The number of methoxy groups -OCH3 is 1. The molecule has 112 valence electrons. The molecule has 2 aromatic carbocycles. The van der Waals surface area contributed by atoms with Crippen molar-refractivity contribution in [2.75, 3.05) is 7.11 Å². The molecule has 1 N–H and O–H groups in total. The molecule has 0 amide bonds. The van der Waals surface area contributed by atoms with Gasteiger partial charge in [0.2, 0.25) is 0 Å². The maximum atomic E-state index is 5.44. The van der Waals surface area contributed by atoms with E-state index in [1.54, 1.807) is 18.9 Å². The maximum Gasteiger partial charge on any atom is 0.132 e. The Balaban J connectivity index is 2.27. The monoisotopic (exact) mass is 365 g/mol. The largest absolute Gasteiger partial charge is 0.496 e. The van der Waals surface area contributed by atoms with Crippen LogP contribution < -0.4 is 10.1 Å². The van der Waals surface area contributed by atoms with Crippen molar-refractivity contribution in [3.8, 4) is 5.75 Å². The van der Waals surface area contributed by atoms with E-state index in [0.29, 0.717) is 6.04 Å². The predicted molar refractivity (Wildman–Crippen MR) is 93.2 cm³/mol. The highest BCUT2D eigenvalue weighted by molar-refractivity contribution is 9.10. The number of para-hydroxylation sites is 1.